The molecule has 1 heterocycles. The van der Waals surface area contributed by atoms with Crippen LogP contribution >= 0.6 is 0 Å². The second-order valence-corrected chi connectivity index (χ2v) is 5.31. The number of halogens is 1. The molecule has 0 spiro atoms. The Morgan fingerprint density at radius 1 is 1.42 bits per heavy atom. The molecule has 1 fully saturated rings. The molecule has 1 amide bonds. The smallest absolute Gasteiger partial charge is 0.227 e. The van der Waals surface area contributed by atoms with Crippen molar-refractivity contribution in [2.75, 3.05) is 19.6 Å². The number of amides is 1. The van der Waals surface area contributed by atoms with Gasteiger partial charge in [-0.2, -0.15) is 0 Å². The van der Waals surface area contributed by atoms with E-state index in [1.807, 2.05) is 11.8 Å². The van der Waals surface area contributed by atoms with Crippen LogP contribution in [0.5, 0.6) is 0 Å². The average molecular weight is 264 g/mol. The van der Waals surface area contributed by atoms with Gasteiger partial charge in [-0.3, -0.25) is 4.79 Å². The Hall–Kier alpha value is -1.42. The van der Waals surface area contributed by atoms with Crippen LogP contribution in [0.3, 0.4) is 0 Å². The second kappa shape index (κ2) is 6.15. The molecule has 19 heavy (non-hydrogen) atoms. The summed E-state index contributed by atoms with van der Waals surface area (Å²) in [6.45, 7) is 4.15. The van der Waals surface area contributed by atoms with Crippen molar-refractivity contribution in [3.8, 4) is 0 Å². The van der Waals surface area contributed by atoms with Crippen molar-refractivity contribution in [1.82, 2.24) is 4.90 Å². The summed E-state index contributed by atoms with van der Waals surface area (Å²) in [7, 11) is 0. The van der Waals surface area contributed by atoms with Crippen molar-refractivity contribution in [1.29, 1.82) is 0 Å². The summed E-state index contributed by atoms with van der Waals surface area (Å²) in [4.78, 5) is 14.1. The summed E-state index contributed by atoms with van der Waals surface area (Å²) in [5.74, 6) is 0.347. The number of nitrogens with zero attached hydrogens (tertiary/aromatic N) is 1. The maximum Gasteiger partial charge on any atom is 0.227 e. The fourth-order valence-electron chi connectivity index (χ4n) is 2.52. The third kappa shape index (κ3) is 3.53. The molecule has 1 aliphatic rings. The van der Waals surface area contributed by atoms with Crippen molar-refractivity contribution < 1.29 is 9.18 Å². The number of aryl methyl sites for hydroxylation is 1. The highest BCUT2D eigenvalue weighted by molar-refractivity contribution is 5.79. The van der Waals surface area contributed by atoms with E-state index >= 15 is 0 Å². The fourth-order valence-corrected chi connectivity index (χ4v) is 2.52. The summed E-state index contributed by atoms with van der Waals surface area (Å²) >= 11 is 0. The van der Waals surface area contributed by atoms with Crippen LogP contribution in [0.15, 0.2) is 18.2 Å². The molecule has 3 nitrogen and oxygen atoms in total. The molecule has 1 aliphatic heterocycles. The first-order valence-electron chi connectivity index (χ1n) is 6.83. The summed E-state index contributed by atoms with van der Waals surface area (Å²) in [6, 6.07) is 4.61. The topological polar surface area (TPSA) is 46.3 Å². The van der Waals surface area contributed by atoms with E-state index in [9.17, 15) is 9.18 Å². The zero-order valence-electron chi connectivity index (χ0n) is 11.4. The van der Waals surface area contributed by atoms with Gasteiger partial charge in [0, 0.05) is 13.1 Å². The van der Waals surface area contributed by atoms with Crippen molar-refractivity contribution >= 4 is 5.91 Å². The zero-order valence-corrected chi connectivity index (χ0v) is 11.4. The summed E-state index contributed by atoms with van der Waals surface area (Å²) < 4.78 is 13.2. The third-order valence-corrected chi connectivity index (χ3v) is 3.95. The van der Waals surface area contributed by atoms with Crippen LogP contribution in [0, 0.1) is 18.7 Å². The van der Waals surface area contributed by atoms with Gasteiger partial charge in [0.1, 0.15) is 5.82 Å². The number of benzene rings is 1. The van der Waals surface area contributed by atoms with Crippen LogP contribution in [-0.4, -0.2) is 30.4 Å². The molecule has 0 radical (unpaired) electrons. The number of rotatable bonds is 3. The first-order valence-corrected chi connectivity index (χ1v) is 6.83. The maximum absolute atomic E-state index is 13.2. The molecule has 0 bridgehead atoms. The van der Waals surface area contributed by atoms with Crippen LogP contribution in [0.1, 0.15) is 24.0 Å². The number of carbonyl (C=O) groups excluding carboxylic acids is 1. The molecule has 2 rings (SSSR count). The Morgan fingerprint density at radius 2 is 2.11 bits per heavy atom. The quantitative estimate of drug-likeness (QED) is 0.906. The number of carbonyl (C=O) groups is 1. The minimum atomic E-state index is -0.282. The van der Waals surface area contributed by atoms with Crippen molar-refractivity contribution in [2.45, 2.75) is 26.2 Å². The number of likely N-dealkylation sites (tertiary alicyclic amines) is 1. The van der Waals surface area contributed by atoms with Gasteiger partial charge in [0.2, 0.25) is 5.91 Å². The lowest BCUT2D eigenvalue weighted by Gasteiger charge is -2.31. The predicted octanol–water partition coefficient (Wildman–Crippen LogP) is 1.87. The van der Waals surface area contributed by atoms with Crippen LogP contribution in [0.2, 0.25) is 0 Å². The number of hydrogen-bond donors (Lipinski definition) is 1. The van der Waals surface area contributed by atoms with Crippen LogP contribution < -0.4 is 5.73 Å². The van der Waals surface area contributed by atoms with Gasteiger partial charge >= 0.3 is 0 Å². The Kier molecular flexibility index (Phi) is 4.53. The first kappa shape index (κ1) is 14.0. The zero-order chi connectivity index (χ0) is 13.8. The summed E-state index contributed by atoms with van der Waals surface area (Å²) in [6.07, 6.45) is 2.24. The van der Waals surface area contributed by atoms with E-state index in [1.54, 1.807) is 6.07 Å². The molecule has 1 aromatic carbocycles. The molecule has 0 unspecified atom stereocenters. The molecule has 0 saturated carbocycles. The molecule has 0 aliphatic carbocycles. The molecule has 1 saturated heterocycles. The van der Waals surface area contributed by atoms with E-state index in [1.165, 1.54) is 12.1 Å². The lowest BCUT2D eigenvalue weighted by Crippen LogP contribution is -2.40. The lowest BCUT2D eigenvalue weighted by atomic mass is 9.96. The Morgan fingerprint density at radius 3 is 2.74 bits per heavy atom. The standard InChI is InChI=1S/C15H21FN2O/c1-11-2-3-14(16)8-13(11)9-15(19)18-6-4-12(10-17)5-7-18/h2-3,8,12H,4-7,9-10,17H2,1H3. The normalized spacial score (nSPS) is 16.7. The Labute approximate surface area is 113 Å². The molecule has 0 aromatic heterocycles. The van der Waals surface area contributed by atoms with Gasteiger partial charge in [0.25, 0.3) is 0 Å². The van der Waals surface area contributed by atoms with E-state index in [4.69, 9.17) is 5.73 Å². The highest BCUT2D eigenvalue weighted by atomic mass is 19.1. The molecule has 1 aromatic rings. The minimum Gasteiger partial charge on any atom is -0.342 e. The predicted molar refractivity (Wildman–Crippen MR) is 73.2 cm³/mol. The van der Waals surface area contributed by atoms with E-state index in [2.05, 4.69) is 0 Å². The number of piperidine rings is 1. The SMILES string of the molecule is Cc1ccc(F)cc1CC(=O)N1CCC(CN)CC1. The first-order chi connectivity index (χ1) is 9.10. The molecule has 4 heteroatoms. The monoisotopic (exact) mass is 264 g/mol. The molecular weight excluding hydrogens is 243 g/mol. The van der Waals surface area contributed by atoms with Gasteiger partial charge in [-0.1, -0.05) is 6.07 Å². The van der Waals surface area contributed by atoms with Crippen molar-refractivity contribution in [2.24, 2.45) is 11.7 Å². The highest BCUT2D eigenvalue weighted by Crippen LogP contribution is 2.18. The van der Waals surface area contributed by atoms with E-state index < -0.39 is 0 Å². The molecule has 104 valence electrons. The second-order valence-electron chi connectivity index (χ2n) is 5.31. The third-order valence-electron chi connectivity index (χ3n) is 3.95. The van der Waals surface area contributed by atoms with Gasteiger partial charge in [-0.15, -0.1) is 0 Å². The van der Waals surface area contributed by atoms with Gasteiger partial charge in [-0.25, -0.2) is 4.39 Å². The van der Waals surface area contributed by atoms with Crippen LogP contribution in [0.4, 0.5) is 4.39 Å². The highest BCUT2D eigenvalue weighted by Gasteiger charge is 2.22. The molecule has 2 N–H and O–H groups in total. The van der Waals surface area contributed by atoms with Gasteiger partial charge in [0.05, 0.1) is 6.42 Å². The lowest BCUT2D eigenvalue weighted by molar-refractivity contribution is -0.131. The van der Waals surface area contributed by atoms with Crippen LogP contribution in [-0.2, 0) is 11.2 Å². The largest absolute Gasteiger partial charge is 0.342 e. The van der Waals surface area contributed by atoms with Crippen LogP contribution in [0.25, 0.3) is 0 Å². The average Bonchev–Trinajstić information content (AvgIpc) is 2.43. The van der Waals surface area contributed by atoms with E-state index in [-0.39, 0.29) is 18.1 Å². The molecular formula is C15H21FN2O. The molecule has 0 atom stereocenters. The fraction of sp³-hybridized carbons (Fsp3) is 0.533. The van der Waals surface area contributed by atoms with Crippen molar-refractivity contribution in [3.05, 3.63) is 35.1 Å². The van der Waals surface area contributed by atoms with Crippen molar-refractivity contribution in [3.63, 3.8) is 0 Å². The summed E-state index contributed by atoms with van der Waals surface area (Å²) in [5.41, 5.74) is 7.39. The van der Waals surface area contributed by atoms with Gasteiger partial charge in [-0.05, 0) is 55.5 Å². The minimum absolute atomic E-state index is 0.0872. The van der Waals surface area contributed by atoms with E-state index in [0.717, 1.165) is 37.1 Å². The van der Waals surface area contributed by atoms with E-state index in [0.29, 0.717) is 12.5 Å². The summed E-state index contributed by atoms with van der Waals surface area (Å²) in [5, 5.41) is 0. The Balaban J connectivity index is 1.96. The number of nitrogens with two attached hydrogens (primary N) is 1. The Bertz CT molecular complexity index is 453. The van der Waals surface area contributed by atoms with Gasteiger partial charge in [0.15, 0.2) is 0 Å². The van der Waals surface area contributed by atoms with Gasteiger partial charge < -0.3 is 10.6 Å². The maximum atomic E-state index is 13.2. The number of hydrogen-bond acceptors (Lipinski definition) is 2.